The van der Waals surface area contributed by atoms with E-state index in [1.807, 2.05) is 55.7 Å². The Balaban J connectivity index is 1.37. The molecule has 4 fully saturated rings. The van der Waals surface area contributed by atoms with Crippen LogP contribution >= 0.6 is 0 Å². The Bertz CT molecular complexity index is 2300. The molecule has 9 rings (SSSR count). The fourth-order valence-corrected chi connectivity index (χ4v) is 8.45. The number of nitrogens with one attached hydrogen (secondary N) is 1. The van der Waals surface area contributed by atoms with Gasteiger partial charge < -0.3 is 24.4 Å². The monoisotopic (exact) mass is 690 g/mol. The number of nitrogens with zero attached hydrogens (tertiary/aromatic N) is 5. The van der Waals surface area contributed by atoms with Gasteiger partial charge in [-0.15, -0.1) is 0 Å². The number of fused-ring (bicyclic) bond motifs is 5. The highest BCUT2D eigenvalue weighted by molar-refractivity contribution is 6.09. The molecule has 0 unspecified atom stereocenters. The number of carbonyl (C=O) groups excluding carboxylic acids is 2. The highest BCUT2D eigenvalue weighted by Crippen LogP contribution is 2.53. The van der Waals surface area contributed by atoms with Gasteiger partial charge in [-0.2, -0.15) is 5.26 Å². The van der Waals surface area contributed by atoms with Crippen LogP contribution in [0.2, 0.25) is 0 Å². The second-order valence-corrected chi connectivity index (χ2v) is 15.1. The standard InChI is InChI=1S/C40H40F2N6O3/c1-22-29-18-27(21-46-14-13-44-19-33(46)49)48(37-25-16-32(37)47(20-25)39(50)51-40(2,3)4)38(29)31-15-24(8-6-12-43)34(35(42)36(31)45-22)28-9-5-7-23-10-11-26(41)17-30(23)28/h5,7,9-11,15,17-18,25,32,37,44H,6,8,13-14,16,19-21H2,1-4H3/t25-,32-,37+/m1/s1. The Hall–Kier alpha value is -5.08. The molecule has 3 aromatic carbocycles. The number of ether oxygens (including phenoxy) is 1. The molecule has 4 aliphatic rings. The van der Waals surface area contributed by atoms with Crippen LogP contribution in [-0.4, -0.2) is 69.2 Å². The lowest BCUT2D eigenvalue weighted by Crippen LogP contribution is -2.48. The van der Waals surface area contributed by atoms with Crippen LogP contribution in [0.25, 0.3) is 43.7 Å². The van der Waals surface area contributed by atoms with E-state index in [0.717, 1.165) is 28.4 Å². The average molecular weight is 691 g/mol. The van der Waals surface area contributed by atoms with E-state index in [1.165, 1.54) is 12.1 Å². The second kappa shape index (κ2) is 12.3. The molecule has 0 spiro atoms. The SMILES string of the molecule is Cc1nc2c(F)c(-c3cccc4ccc(F)cc34)c(CCC#N)cc2c2c1cc(CN1CCNCC1=O)n2[C@H]1[C@@H]2C[C@H]1N(C(=O)OC(C)(C)C)C2. The Morgan fingerprint density at radius 2 is 1.94 bits per heavy atom. The van der Waals surface area contributed by atoms with E-state index in [9.17, 15) is 19.2 Å². The third kappa shape index (κ3) is 5.57. The van der Waals surface area contributed by atoms with Crippen LogP contribution in [-0.2, 0) is 22.5 Å². The average Bonchev–Trinajstić information content (AvgIpc) is 3.78. The van der Waals surface area contributed by atoms with Crippen LogP contribution in [0.15, 0.2) is 48.5 Å². The maximum absolute atomic E-state index is 17.4. The number of hydrogen-bond donors (Lipinski definition) is 1. The molecule has 2 bridgehead atoms. The van der Waals surface area contributed by atoms with Gasteiger partial charge in [-0.05, 0) is 86.7 Å². The molecule has 3 saturated heterocycles. The van der Waals surface area contributed by atoms with Crippen LogP contribution in [0.3, 0.4) is 0 Å². The number of aromatic nitrogens is 2. The molecule has 5 aromatic rings. The summed E-state index contributed by atoms with van der Waals surface area (Å²) in [6.07, 6.45) is 0.913. The van der Waals surface area contributed by atoms with Gasteiger partial charge in [0.25, 0.3) is 0 Å². The number of halogens is 2. The number of hydrogen-bond acceptors (Lipinski definition) is 6. The zero-order valence-electron chi connectivity index (χ0n) is 29.2. The molecule has 3 aliphatic heterocycles. The number of pyridine rings is 1. The minimum Gasteiger partial charge on any atom is -0.444 e. The summed E-state index contributed by atoms with van der Waals surface area (Å²) in [6.45, 7) is 9.84. The van der Waals surface area contributed by atoms with Crippen molar-refractivity contribution in [1.29, 1.82) is 5.26 Å². The maximum atomic E-state index is 17.4. The topological polar surface area (TPSA) is 103 Å². The van der Waals surface area contributed by atoms with Gasteiger partial charge in [-0.3, -0.25) is 4.79 Å². The molecule has 0 radical (unpaired) electrons. The number of amides is 2. The fraction of sp³-hybridized carbons (Fsp3) is 0.400. The first-order valence-electron chi connectivity index (χ1n) is 17.6. The van der Waals surface area contributed by atoms with Gasteiger partial charge in [0.15, 0.2) is 5.82 Å². The predicted molar refractivity (Wildman–Crippen MR) is 191 cm³/mol. The van der Waals surface area contributed by atoms with Crippen molar-refractivity contribution in [2.45, 2.75) is 71.2 Å². The maximum Gasteiger partial charge on any atom is 0.410 e. The lowest BCUT2D eigenvalue weighted by atomic mass is 9.79. The van der Waals surface area contributed by atoms with E-state index in [-0.39, 0.29) is 54.9 Å². The molecule has 9 nitrogen and oxygen atoms in total. The number of aryl methyl sites for hydroxylation is 2. The smallest absolute Gasteiger partial charge is 0.410 e. The van der Waals surface area contributed by atoms with Gasteiger partial charge in [0, 0.05) is 59.7 Å². The Morgan fingerprint density at radius 3 is 2.71 bits per heavy atom. The summed E-state index contributed by atoms with van der Waals surface area (Å²) >= 11 is 0. The van der Waals surface area contributed by atoms with Crippen molar-refractivity contribution >= 4 is 44.6 Å². The fourth-order valence-electron chi connectivity index (χ4n) is 8.45. The first kappa shape index (κ1) is 33.1. The van der Waals surface area contributed by atoms with E-state index in [4.69, 9.17) is 9.72 Å². The third-order valence-electron chi connectivity index (χ3n) is 10.7. The second-order valence-electron chi connectivity index (χ2n) is 15.1. The quantitative estimate of drug-likeness (QED) is 0.203. The normalized spacial score (nSPS) is 20.3. The van der Waals surface area contributed by atoms with Gasteiger partial charge in [-0.25, -0.2) is 18.6 Å². The number of rotatable bonds is 6. The summed E-state index contributed by atoms with van der Waals surface area (Å²) in [5.41, 5.74) is 3.36. The molecule has 3 atom stereocenters. The molecule has 11 heteroatoms. The first-order chi connectivity index (χ1) is 24.4. The summed E-state index contributed by atoms with van der Waals surface area (Å²) in [7, 11) is 0. The summed E-state index contributed by atoms with van der Waals surface area (Å²) < 4.78 is 40.0. The Labute approximate surface area is 294 Å². The largest absolute Gasteiger partial charge is 0.444 e. The molecular formula is C40H40F2N6O3. The molecular weight excluding hydrogens is 650 g/mol. The van der Waals surface area contributed by atoms with Crippen molar-refractivity contribution in [2.24, 2.45) is 5.92 Å². The van der Waals surface area contributed by atoms with Gasteiger partial charge >= 0.3 is 6.09 Å². The van der Waals surface area contributed by atoms with Gasteiger partial charge in [0.2, 0.25) is 5.91 Å². The summed E-state index contributed by atoms with van der Waals surface area (Å²) in [4.78, 5) is 34.9. The van der Waals surface area contributed by atoms with E-state index in [1.54, 1.807) is 12.1 Å². The molecule has 5 heterocycles. The molecule has 51 heavy (non-hydrogen) atoms. The number of piperazine rings is 1. The molecule has 1 saturated carbocycles. The molecule has 2 amide bonds. The van der Waals surface area contributed by atoms with Crippen molar-refractivity contribution in [3.05, 3.63) is 77.1 Å². The van der Waals surface area contributed by atoms with E-state index in [2.05, 4.69) is 22.0 Å². The predicted octanol–water partition coefficient (Wildman–Crippen LogP) is 7.16. The van der Waals surface area contributed by atoms with Crippen molar-refractivity contribution in [2.75, 3.05) is 26.2 Å². The van der Waals surface area contributed by atoms with E-state index < -0.39 is 17.2 Å². The van der Waals surface area contributed by atoms with Gasteiger partial charge in [-0.1, -0.05) is 24.3 Å². The number of benzene rings is 3. The first-order valence-corrected chi connectivity index (χ1v) is 17.6. The van der Waals surface area contributed by atoms with Crippen LogP contribution in [0.5, 0.6) is 0 Å². The zero-order valence-corrected chi connectivity index (χ0v) is 29.2. The number of carbonyl (C=O) groups is 2. The minimum atomic E-state index is -0.641. The minimum absolute atomic E-state index is 0.00530. The van der Waals surface area contributed by atoms with Crippen LogP contribution in [0.1, 0.15) is 56.6 Å². The van der Waals surface area contributed by atoms with Crippen LogP contribution < -0.4 is 5.32 Å². The third-order valence-corrected chi connectivity index (χ3v) is 10.7. The molecule has 262 valence electrons. The van der Waals surface area contributed by atoms with Crippen molar-refractivity contribution in [3.63, 3.8) is 0 Å². The Kier molecular flexibility index (Phi) is 7.98. The molecule has 1 N–H and O–H groups in total. The van der Waals surface area contributed by atoms with Gasteiger partial charge in [0.05, 0.1) is 36.8 Å². The Morgan fingerprint density at radius 1 is 1.12 bits per heavy atom. The van der Waals surface area contributed by atoms with Crippen LogP contribution in [0.4, 0.5) is 13.6 Å². The molecule has 2 aromatic heterocycles. The lowest BCUT2D eigenvalue weighted by Gasteiger charge is -2.40. The van der Waals surface area contributed by atoms with Gasteiger partial charge in [0.1, 0.15) is 16.9 Å². The van der Waals surface area contributed by atoms with E-state index in [0.29, 0.717) is 59.3 Å². The zero-order chi connectivity index (χ0) is 35.8. The highest BCUT2D eigenvalue weighted by atomic mass is 19.1. The van der Waals surface area contributed by atoms with Crippen molar-refractivity contribution in [1.82, 2.24) is 24.7 Å². The summed E-state index contributed by atoms with van der Waals surface area (Å²) in [6, 6.07) is 15.9. The number of nitriles is 1. The summed E-state index contributed by atoms with van der Waals surface area (Å²) in [5, 5.41) is 15.6. The van der Waals surface area contributed by atoms with Crippen LogP contribution in [0, 0.1) is 35.8 Å². The van der Waals surface area contributed by atoms with Crippen molar-refractivity contribution < 1.29 is 23.1 Å². The molecule has 1 aliphatic carbocycles. The highest BCUT2D eigenvalue weighted by Gasteiger charge is 2.56. The van der Waals surface area contributed by atoms with Crippen molar-refractivity contribution in [3.8, 4) is 17.2 Å². The van der Waals surface area contributed by atoms with E-state index >= 15 is 4.39 Å². The summed E-state index contributed by atoms with van der Waals surface area (Å²) in [5.74, 6) is -0.798. The lowest BCUT2D eigenvalue weighted by molar-refractivity contribution is -0.132.